The first-order chi connectivity index (χ1) is 19.2. The van der Waals surface area contributed by atoms with Crippen molar-refractivity contribution in [2.45, 2.75) is 43.5 Å². The lowest BCUT2D eigenvalue weighted by Crippen LogP contribution is -2.58. The maximum Gasteiger partial charge on any atom is 0.350 e. The molecule has 8 nitrogen and oxygen atoms in total. The normalized spacial score (nSPS) is 21.0. The van der Waals surface area contributed by atoms with E-state index in [1.807, 2.05) is 31.9 Å². The molecule has 2 aliphatic heterocycles. The number of amides is 1. The smallest absolute Gasteiger partial charge is 0.350 e. The molecular weight excluding hydrogens is 553 g/mol. The number of carbonyl (C=O) groups is 1. The average Bonchev–Trinajstić information content (AvgIpc) is 3.11. The van der Waals surface area contributed by atoms with Crippen molar-refractivity contribution in [1.29, 1.82) is 0 Å². The summed E-state index contributed by atoms with van der Waals surface area (Å²) < 4.78 is 21.6. The molecule has 3 aromatic rings. The summed E-state index contributed by atoms with van der Waals surface area (Å²) in [5.41, 5.74) is 1.89. The number of nitrogens with one attached hydrogen (secondary N) is 1. The molecule has 1 N–H and O–H groups in total. The Bertz CT molecular complexity index is 1490. The van der Waals surface area contributed by atoms with Gasteiger partial charge in [-0.2, -0.15) is 4.98 Å². The number of halogens is 2. The number of hydrogen-bond donors (Lipinski definition) is 1. The minimum absolute atomic E-state index is 0.114. The van der Waals surface area contributed by atoms with Gasteiger partial charge in [0.1, 0.15) is 11.6 Å². The van der Waals surface area contributed by atoms with Gasteiger partial charge in [-0.25, -0.2) is 9.18 Å². The van der Waals surface area contributed by atoms with Crippen molar-refractivity contribution in [3.05, 3.63) is 64.3 Å². The molecule has 5 rings (SSSR count). The minimum atomic E-state index is -0.370. The fourth-order valence-corrected chi connectivity index (χ4v) is 7.35. The molecule has 1 aromatic heterocycles. The molecule has 3 heterocycles. The van der Waals surface area contributed by atoms with Crippen molar-refractivity contribution < 1.29 is 13.9 Å². The number of ether oxygens (including phenoxy) is 1. The molecule has 2 aliphatic rings. The van der Waals surface area contributed by atoms with Crippen LogP contribution < -0.4 is 15.9 Å². The Balaban J connectivity index is 1.67. The highest BCUT2D eigenvalue weighted by Crippen LogP contribution is 2.45. The van der Waals surface area contributed by atoms with E-state index in [1.165, 1.54) is 18.2 Å². The standard InChI is InChI=1S/C29H33ClFN5O3S/c1-5-24(37)36-17(2)13-34(14-18(36)3)28-22-12-23(30)25(19-6-8-20(31)9-7-19)27-26(22)35(29(38)33-28)15-21(16-40-27)39-11-10-32-4/h5-9,12,17-18,21,32H,1,10-11,13-16H2,2-4H3/t17-,18+,21?. The minimum Gasteiger partial charge on any atom is -0.374 e. The van der Waals surface area contributed by atoms with Gasteiger partial charge in [0.25, 0.3) is 0 Å². The topological polar surface area (TPSA) is 79.7 Å². The van der Waals surface area contributed by atoms with Gasteiger partial charge in [0.2, 0.25) is 5.91 Å². The Hall–Kier alpha value is -2.92. The number of benzene rings is 2. The van der Waals surface area contributed by atoms with Crippen molar-refractivity contribution in [1.82, 2.24) is 19.8 Å². The molecular formula is C29H33ClFN5O3S. The van der Waals surface area contributed by atoms with Gasteiger partial charge < -0.3 is 19.9 Å². The van der Waals surface area contributed by atoms with Crippen LogP contribution in [0.25, 0.3) is 22.0 Å². The number of thioether (sulfide) groups is 1. The zero-order valence-electron chi connectivity index (χ0n) is 22.8. The summed E-state index contributed by atoms with van der Waals surface area (Å²) in [4.78, 5) is 35.5. The molecule has 3 atom stereocenters. The van der Waals surface area contributed by atoms with Gasteiger partial charge in [-0.15, -0.1) is 11.8 Å². The van der Waals surface area contributed by atoms with Gasteiger partial charge in [0.05, 0.1) is 29.8 Å². The van der Waals surface area contributed by atoms with E-state index in [1.54, 1.807) is 28.5 Å². The second kappa shape index (κ2) is 11.9. The number of aromatic nitrogens is 2. The number of anilines is 1. The Morgan fingerprint density at radius 2 is 1.95 bits per heavy atom. The molecule has 0 bridgehead atoms. The predicted octanol–water partition coefficient (Wildman–Crippen LogP) is 4.18. The second-order valence-corrected chi connectivity index (χ2v) is 11.7. The summed E-state index contributed by atoms with van der Waals surface area (Å²) in [5, 5.41) is 4.33. The van der Waals surface area contributed by atoms with Gasteiger partial charge in [-0.05, 0) is 50.7 Å². The lowest BCUT2D eigenvalue weighted by molar-refractivity contribution is -0.130. The highest BCUT2D eigenvalue weighted by molar-refractivity contribution is 7.99. The number of carbonyl (C=O) groups excluding carboxylic acids is 1. The van der Waals surface area contributed by atoms with Gasteiger partial charge in [-0.3, -0.25) is 9.36 Å². The predicted molar refractivity (Wildman–Crippen MR) is 159 cm³/mol. The highest BCUT2D eigenvalue weighted by Gasteiger charge is 2.35. The van der Waals surface area contributed by atoms with E-state index >= 15 is 0 Å². The van der Waals surface area contributed by atoms with E-state index in [4.69, 9.17) is 16.3 Å². The maximum absolute atomic E-state index is 13.8. The number of nitrogens with zero attached hydrogens (tertiary/aromatic N) is 4. The maximum atomic E-state index is 13.8. The Morgan fingerprint density at radius 3 is 2.60 bits per heavy atom. The fourth-order valence-electron chi connectivity index (χ4n) is 5.69. The summed E-state index contributed by atoms with van der Waals surface area (Å²) in [6.07, 6.45) is 1.12. The van der Waals surface area contributed by atoms with Crippen molar-refractivity contribution in [3.63, 3.8) is 0 Å². The second-order valence-electron chi connectivity index (χ2n) is 10.3. The third-order valence-electron chi connectivity index (χ3n) is 7.44. The molecule has 0 radical (unpaired) electrons. The molecule has 212 valence electrons. The number of piperazine rings is 1. The van der Waals surface area contributed by atoms with Gasteiger partial charge in [0.15, 0.2) is 0 Å². The quantitative estimate of drug-likeness (QED) is 0.329. The molecule has 2 aromatic carbocycles. The van der Waals surface area contributed by atoms with E-state index in [0.717, 1.165) is 26.9 Å². The van der Waals surface area contributed by atoms with Crippen LogP contribution in [0.5, 0.6) is 0 Å². The van der Waals surface area contributed by atoms with Gasteiger partial charge in [-0.1, -0.05) is 30.3 Å². The first-order valence-corrected chi connectivity index (χ1v) is 14.7. The van der Waals surface area contributed by atoms with E-state index in [-0.39, 0.29) is 35.6 Å². The molecule has 0 aliphatic carbocycles. The van der Waals surface area contributed by atoms with Crippen molar-refractivity contribution in [3.8, 4) is 11.1 Å². The molecule has 0 saturated carbocycles. The lowest BCUT2D eigenvalue weighted by Gasteiger charge is -2.44. The van der Waals surface area contributed by atoms with Crippen LogP contribution in [0.3, 0.4) is 0 Å². The first kappa shape index (κ1) is 28.6. The van der Waals surface area contributed by atoms with Gasteiger partial charge in [0, 0.05) is 53.3 Å². The lowest BCUT2D eigenvalue weighted by atomic mass is 10.0. The highest BCUT2D eigenvalue weighted by atomic mass is 35.5. The molecule has 0 spiro atoms. The summed E-state index contributed by atoms with van der Waals surface area (Å²) in [6.45, 7) is 10.2. The van der Waals surface area contributed by atoms with Crippen LogP contribution in [0.15, 0.2) is 52.7 Å². The average molecular weight is 586 g/mol. The first-order valence-electron chi connectivity index (χ1n) is 13.3. The fraction of sp³-hybridized carbons (Fsp3) is 0.414. The third kappa shape index (κ3) is 5.37. The van der Waals surface area contributed by atoms with Crippen LogP contribution in [-0.4, -0.2) is 77.6 Å². The molecule has 1 amide bonds. The monoisotopic (exact) mass is 585 g/mol. The molecule has 1 fully saturated rings. The van der Waals surface area contributed by atoms with Crippen LogP contribution in [0, 0.1) is 5.82 Å². The Kier molecular flexibility index (Phi) is 8.51. The largest absolute Gasteiger partial charge is 0.374 e. The van der Waals surface area contributed by atoms with Crippen molar-refractivity contribution in [2.75, 3.05) is 43.9 Å². The summed E-state index contributed by atoms with van der Waals surface area (Å²) in [5.74, 6) is 0.705. The van der Waals surface area contributed by atoms with Crippen LogP contribution in [0.4, 0.5) is 10.2 Å². The number of likely N-dealkylation sites (N-methyl/N-ethyl adjacent to an activating group) is 1. The van der Waals surface area contributed by atoms with Crippen LogP contribution in [-0.2, 0) is 16.1 Å². The molecule has 1 saturated heterocycles. The zero-order valence-corrected chi connectivity index (χ0v) is 24.4. The Labute approximate surface area is 242 Å². The molecule has 1 unspecified atom stereocenters. The van der Waals surface area contributed by atoms with E-state index < -0.39 is 0 Å². The zero-order chi connectivity index (χ0) is 28.6. The molecule has 40 heavy (non-hydrogen) atoms. The van der Waals surface area contributed by atoms with Crippen molar-refractivity contribution in [2.24, 2.45) is 0 Å². The van der Waals surface area contributed by atoms with E-state index in [0.29, 0.717) is 49.4 Å². The van der Waals surface area contributed by atoms with Crippen LogP contribution in [0.2, 0.25) is 5.02 Å². The third-order valence-corrected chi connectivity index (χ3v) is 8.96. The summed E-state index contributed by atoms with van der Waals surface area (Å²) >= 11 is 8.56. The van der Waals surface area contributed by atoms with Crippen LogP contribution in [0.1, 0.15) is 13.8 Å². The number of hydrogen-bond acceptors (Lipinski definition) is 7. The van der Waals surface area contributed by atoms with E-state index in [2.05, 4.69) is 21.8 Å². The van der Waals surface area contributed by atoms with Crippen LogP contribution >= 0.6 is 23.4 Å². The van der Waals surface area contributed by atoms with Crippen molar-refractivity contribution >= 4 is 46.0 Å². The van der Waals surface area contributed by atoms with Gasteiger partial charge >= 0.3 is 5.69 Å². The number of rotatable bonds is 7. The summed E-state index contributed by atoms with van der Waals surface area (Å²) in [6, 6.07) is 7.85. The molecule has 11 heteroatoms. The summed E-state index contributed by atoms with van der Waals surface area (Å²) in [7, 11) is 1.86. The SMILES string of the molecule is C=CC(=O)N1[C@H](C)CN(c2nc(=O)n3c4c(c(-c5ccc(F)cc5)c(Cl)cc24)SCC(OCCNC)C3)C[C@@H]1C. The van der Waals surface area contributed by atoms with E-state index in [9.17, 15) is 14.0 Å². The Morgan fingerprint density at radius 1 is 1.25 bits per heavy atom.